The van der Waals surface area contributed by atoms with E-state index in [1.807, 2.05) is 6.20 Å². The molecule has 0 aromatic carbocycles. The third-order valence-corrected chi connectivity index (χ3v) is 4.44. The number of hydrogen-bond acceptors (Lipinski definition) is 3. The minimum absolute atomic E-state index is 0.550. The van der Waals surface area contributed by atoms with Gasteiger partial charge in [-0.05, 0) is 61.3 Å². The van der Waals surface area contributed by atoms with Gasteiger partial charge in [-0.1, -0.05) is 0 Å². The van der Waals surface area contributed by atoms with Gasteiger partial charge in [-0.3, -0.25) is 0 Å². The maximum atomic E-state index is 4.41. The lowest BCUT2D eigenvalue weighted by atomic mass is 9.99. The number of nitrogens with zero attached hydrogens (tertiary/aromatic N) is 2. The predicted octanol–water partition coefficient (Wildman–Crippen LogP) is 3.05. The number of aromatic nitrogens is 1. The first-order chi connectivity index (χ1) is 8.06. The van der Waals surface area contributed by atoms with E-state index in [9.17, 15) is 0 Å². The van der Waals surface area contributed by atoms with Gasteiger partial charge in [0.05, 0.1) is 0 Å². The van der Waals surface area contributed by atoms with Crippen molar-refractivity contribution in [3.63, 3.8) is 0 Å². The minimum atomic E-state index is 0.550. The zero-order chi connectivity index (χ0) is 12.4. The lowest BCUT2D eigenvalue weighted by Gasteiger charge is -2.35. The van der Waals surface area contributed by atoms with Gasteiger partial charge in [0.25, 0.3) is 0 Å². The second kappa shape index (κ2) is 5.36. The largest absolute Gasteiger partial charge is 0.367 e. The molecule has 0 radical (unpaired) electrons. The quantitative estimate of drug-likeness (QED) is 0.909. The molecule has 1 aliphatic rings. The van der Waals surface area contributed by atoms with Crippen LogP contribution in [-0.2, 0) is 0 Å². The van der Waals surface area contributed by atoms with Crippen molar-refractivity contribution in [2.45, 2.75) is 38.8 Å². The highest BCUT2D eigenvalue weighted by Gasteiger charge is 2.22. The van der Waals surface area contributed by atoms with Crippen molar-refractivity contribution < 1.29 is 0 Å². The second-order valence-corrected chi connectivity index (χ2v) is 5.87. The smallest absolute Gasteiger partial charge is 0.126 e. The molecule has 1 aromatic heterocycles. The summed E-state index contributed by atoms with van der Waals surface area (Å²) < 4.78 is 1.07. The maximum absolute atomic E-state index is 4.41. The predicted molar refractivity (Wildman–Crippen MR) is 75.4 cm³/mol. The molecule has 1 aromatic rings. The van der Waals surface area contributed by atoms with E-state index in [-0.39, 0.29) is 0 Å². The Hall–Kier alpha value is -0.610. The Labute approximate surface area is 112 Å². The molecule has 0 aliphatic carbocycles. The number of halogens is 1. The Balaban J connectivity index is 1.99. The average molecular weight is 298 g/mol. The summed E-state index contributed by atoms with van der Waals surface area (Å²) >= 11 is 3.48. The normalized spacial score (nSPS) is 25.9. The summed E-state index contributed by atoms with van der Waals surface area (Å²) in [6, 6.07) is 3.31. The molecule has 1 fully saturated rings. The first-order valence-electron chi connectivity index (χ1n) is 6.15. The molecule has 17 heavy (non-hydrogen) atoms. The molecule has 2 heterocycles. The Morgan fingerprint density at radius 3 is 2.94 bits per heavy atom. The van der Waals surface area contributed by atoms with Gasteiger partial charge in [0.2, 0.25) is 0 Å². The first-order valence-corrected chi connectivity index (χ1v) is 6.94. The SMILES string of the molecule is Cc1cc(NC2CCN(C)C(C)C2)ncc1Br. The van der Waals surface area contributed by atoms with Crippen LogP contribution >= 0.6 is 15.9 Å². The Morgan fingerprint density at radius 1 is 1.53 bits per heavy atom. The van der Waals surface area contributed by atoms with Gasteiger partial charge < -0.3 is 10.2 Å². The highest BCUT2D eigenvalue weighted by Crippen LogP contribution is 2.21. The van der Waals surface area contributed by atoms with E-state index >= 15 is 0 Å². The number of aryl methyl sites for hydroxylation is 1. The molecule has 3 nitrogen and oxygen atoms in total. The van der Waals surface area contributed by atoms with Crippen LogP contribution < -0.4 is 5.32 Å². The van der Waals surface area contributed by atoms with Crippen LogP contribution in [0.3, 0.4) is 0 Å². The standard InChI is InChI=1S/C13H20BrN3/c1-9-6-13(15-8-12(9)14)16-11-4-5-17(3)10(2)7-11/h6,8,10-11H,4-5,7H2,1-3H3,(H,15,16). The Kier molecular flexibility index (Phi) is 4.05. The van der Waals surface area contributed by atoms with Crippen LogP contribution in [0.25, 0.3) is 0 Å². The number of rotatable bonds is 2. The van der Waals surface area contributed by atoms with Gasteiger partial charge in [-0.2, -0.15) is 0 Å². The summed E-state index contributed by atoms with van der Waals surface area (Å²) in [7, 11) is 2.20. The molecule has 0 saturated carbocycles. The molecular weight excluding hydrogens is 278 g/mol. The van der Waals surface area contributed by atoms with E-state index < -0.39 is 0 Å². The molecule has 1 N–H and O–H groups in total. The van der Waals surface area contributed by atoms with E-state index in [4.69, 9.17) is 0 Å². The lowest BCUT2D eigenvalue weighted by Crippen LogP contribution is -2.42. The summed E-state index contributed by atoms with van der Waals surface area (Å²) in [5.41, 5.74) is 1.23. The fourth-order valence-electron chi connectivity index (χ4n) is 2.25. The maximum Gasteiger partial charge on any atom is 0.126 e. The highest BCUT2D eigenvalue weighted by atomic mass is 79.9. The van der Waals surface area contributed by atoms with E-state index in [1.54, 1.807) is 0 Å². The van der Waals surface area contributed by atoms with Crippen LogP contribution in [-0.4, -0.2) is 35.6 Å². The van der Waals surface area contributed by atoms with Crippen molar-refractivity contribution in [1.29, 1.82) is 0 Å². The summed E-state index contributed by atoms with van der Waals surface area (Å²) in [6.07, 6.45) is 4.25. The van der Waals surface area contributed by atoms with Crippen molar-refractivity contribution in [3.8, 4) is 0 Å². The number of anilines is 1. The molecular formula is C13H20BrN3. The molecule has 0 bridgehead atoms. The molecule has 2 unspecified atom stereocenters. The molecule has 0 spiro atoms. The van der Waals surface area contributed by atoms with Crippen LogP contribution in [0.5, 0.6) is 0 Å². The Morgan fingerprint density at radius 2 is 2.29 bits per heavy atom. The van der Waals surface area contributed by atoms with Gasteiger partial charge in [0.1, 0.15) is 5.82 Å². The zero-order valence-electron chi connectivity index (χ0n) is 10.7. The molecule has 1 saturated heterocycles. The van der Waals surface area contributed by atoms with Crippen LogP contribution in [0.2, 0.25) is 0 Å². The van der Waals surface area contributed by atoms with Crippen LogP contribution in [0.1, 0.15) is 25.3 Å². The second-order valence-electron chi connectivity index (χ2n) is 5.01. The van der Waals surface area contributed by atoms with Crippen molar-refractivity contribution in [2.75, 3.05) is 18.9 Å². The van der Waals surface area contributed by atoms with Crippen LogP contribution in [0, 0.1) is 6.92 Å². The van der Waals surface area contributed by atoms with Gasteiger partial charge >= 0.3 is 0 Å². The monoisotopic (exact) mass is 297 g/mol. The number of hydrogen-bond donors (Lipinski definition) is 1. The van der Waals surface area contributed by atoms with E-state index in [2.05, 4.69) is 58.1 Å². The van der Waals surface area contributed by atoms with Crippen molar-refractivity contribution >= 4 is 21.7 Å². The lowest BCUT2D eigenvalue weighted by molar-refractivity contribution is 0.190. The van der Waals surface area contributed by atoms with Gasteiger partial charge in [-0.25, -0.2) is 4.98 Å². The fraction of sp³-hybridized carbons (Fsp3) is 0.615. The summed E-state index contributed by atoms with van der Waals surface area (Å²) in [5.74, 6) is 0.993. The summed E-state index contributed by atoms with van der Waals surface area (Å²) in [6.45, 7) is 5.54. The zero-order valence-corrected chi connectivity index (χ0v) is 12.3. The number of likely N-dealkylation sites (tertiary alicyclic amines) is 1. The molecule has 1 aliphatic heterocycles. The van der Waals surface area contributed by atoms with Crippen LogP contribution in [0.15, 0.2) is 16.7 Å². The molecule has 0 amide bonds. The summed E-state index contributed by atoms with van der Waals surface area (Å²) in [5, 5.41) is 3.54. The van der Waals surface area contributed by atoms with Crippen molar-refractivity contribution in [2.24, 2.45) is 0 Å². The van der Waals surface area contributed by atoms with Gasteiger partial charge in [0, 0.05) is 29.3 Å². The molecule has 2 atom stereocenters. The topological polar surface area (TPSA) is 28.2 Å². The van der Waals surface area contributed by atoms with E-state index in [0.717, 1.165) is 16.8 Å². The Bertz CT molecular complexity index is 394. The minimum Gasteiger partial charge on any atom is -0.367 e. The summed E-state index contributed by atoms with van der Waals surface area (Å²) in [4.78, 5) is 6.82. The third-order valence-electron chi connectivity index (χ3n) is 3.61. The van der Waals surface area contributed by atoms with Crippen molar-refractivity contribution in [1.82, 2.24) is 9.88 Å². The molecule has 94 valence electrons. The first kappa shape index (κ1) is 12.8. The molecule has 2 rings (SSSR count). The molecule has 4 heteroatoms. The van der Waals surface area contributed by atoms with Crippen LogP contribution in [0.4, 0.5) is 5.82 Å². The number of pyridine rings is 1. The number of nitrogens with one attached hydrogen (secondary N) is 1. The fourth-order valence-corrected chi connectivity index (χ4v) is 2.46. The average Bonchev–Trinajstić information content (AvgIpc) is 2.29. The van der Waals surface area contributed by atoms with Gasteiger partial charge in [0.15, 0.2) is 0 Å². The highest BCUT2D eigenvalue weighted by molar-refractivity contribution is 9.10. The van der Waals surface area contributed by atoms with E-state index in [1.165, 1.54) is 18.4 Å². The van der Waals surface area contributed by atoms with Crippen molar-refractivity contribution in [3.05, 3.63) is 22.3 Å². The van der Waals surface area contributed by atoms with Gasteiger partial charge in [-0.15, -0.1) is 0 Å². The van der Waals surface area contributed by atoms with E-state index in [0.29, 0.717) is 12.1 Å². The number of piperidine rings is 1. The third kappa shape index (κ3) is 3.19.